The highest BCUT2D eigenvalue weighted by atomic mass is 16.6. The van der Waals surface area contributed by atoms with E-state index >= 15 is 0 Å². The first-order chi connectivity index (χ1) is 9.52. The number of nitrogens with two attached hydrogens (primary N) is 1. The molecule has 1 atom stereocenters. The van der Waals surface area contributed by atoms with Gasteiger partial charge in [0.25, 0.3) is 5.69 Å². The number of carbonyl (C=O) groups is 1. The summed E-state index contributed by atoms with van der Waals surface area (Å²) in [5.74, 6) is -0.316. The molecule has 1 unspecified atom stereocenters. The highest BCUT2D eigenvalue weighted by Crippen LogP contribution is 2.28. The zero-order chi connectivity index (χ0) is 16.4. The van der Waals surface area contributed by atoms with Crippen molar-refractivity contribution < 1.29 is 9.72 Å². The predicted molar refractivity (Wildman–Crippen MR) is 83.2 cm³/mol. The van der Waals surface area contributed by atoms with E-state index in [0.29, 0.717) is 0 Å². The summed E-state index contributed by atoms with van der Waals surface area (Å²) >= 11 is 0. The average molecular weight is 293 g/mol. The molecule has 1 amide bonds. The molecule has 1 aromatic rings. The maximum Gasteiger partial charge on any atom is 0.293 e. The van der Waals surface area contributed by atoms with Gasteiger partial charge in [0, 0.05) is 18.5 Å². The average Bonchev–Trinajstić information content (AvgIpc) is 2.31. The van der Waals surface area contributed by atoms with E-state index in [4.69, 9.17) is 5.73 Å². The number of hydrogen-bond acceptors (Lipinski definition) is 4. The van der Waals surface area contributed by atoms with Gasteiger partial charge < -0.3 is 11.1 Å². The summed E-state index contributed by atoms with van der Waals surface area (Å²) in [5.41, 5.74) is 7.57. The SMILES string of the molecule is Cc1cc(NC(=O)CC(N)C(C)(C)C)c([N+](=O)[O-])cc1C. The molecule has 0 heterocycles. The molecule has 6 heteroatoms. The number of rotatable bonds is 4. The van der Waals surface area contributed by atoms with Gasteiger partial charge in [0.15, 0.2) is 0 Å². The summed E-state index contributed by atoms with van der Waals surface area (Å²) in [6, 6.07) is 2.77. The van der Waals surface area contributed by atoms with E-state index in [-0.39, 0.29) is 35.2 Å². The molecule has 0 aliphatic carbocycles. The van der Waals surface area contributed by atoms with E-state index in [1.807, 2.05) is 27.7 Å². The lowest BCUT2D eigenvalue weighted by Crippen LogP contribution is -2.38. The zero-order valence-electron chi connectivity index (χ0n) is 13.2. The van der Waals surface area contributed by atoms with Crippen molar-refractivity contribution in [3.8, 4) is 0 Å². The highest BCUT2D eigenvalue weighted by Gasteiger charge is 2.24. The van der Waals surface area contributed by atoms with Crippen LogP contribution in [0.1, 0.15) is 38.3 Å². The topological polar surface area (TPSA) is 98.3 Å². The van der Waals surface area contributed by atoms with Crippen molar-refractivity contribution in [2.75, 3.05) is 5.32 Å². The number of carbonyl (C=O) groups excluding carboxylic acids is 1. The first kappa shape index (κ1) is 17.1. The van der Waals surface area contributed by atoms with Gasteiger partial charge in [-0.2, -0.15) is 0 Å². The molecule has 21 heavy (non-hydrogen) atoms. The number of hydrogen-bond donors (Lipinski definition) is 2. The van der Waals surface area contributed by atoms with Gasteiger partial charge in [0.2, 0.25) is 5.91 Å². The summed E-state index contributed by atoms with van der Waals surface area (Å²) in [5, 5.41) is 13.7. The van der Waals surface area contributed by atoms with Crippen LogP contribution in [0.4, 0.5) is 11.4 Å². The van der Waals surface area contributed by atoms with Gasteiger partial charge in [-0.3, -0.25) is 14.9 Å². The molecule has 0 fully saturated rings. The van der Waals surface area contributed by atoms with Gasteiger partial charge in [-0.15, -0.1) is 0 Å². The minimum atomic E-state index is -0.494. The fraction of sp³-hybridized carbons (Fsp3) is 0.533. The van der Waals surface area contributed by atoms with E-state index in [2.05, 4.69) is 5.32 Å². The normalized spacial score (nSPS) is 12.9. The monoisotopic (exact) mass is 293 g/mol. The van der Waals surface area contributed by atoms with Crippen molar-refractivity contribution in [2.24, 2.45) is 11.1 Å². The second kappa shape index (κ2) is 6.22. The van der Waals surface area contributed by atoms with Crippen molar-refractivity contribution in [3.05, 3.63) is 33.4 Å². The summed E-state index contributed by atoms with van der Waals surface area (Å²) in [6.07, 6.45) is 0.119. The molecule has 0 spiro atoms. The molecule has 0 aliphatic rings. The fourth-order valence-electron chi connectivity index (χ4n) is 1.76. The van der Waals surface area contributed by atoms with Crippen LogP contribution in [0.25, 0.3) is 0 Å². The van der Waals surface area contributed by atoms with Crippen molar-refractivity contribution >= 4 is 17.3 Å². The van der Waals surface area contributed by atoms with E-state index in [1.165, 1.54) is 6.07 Å². The summed E-state index contributed by atoms with van der Waals surface area (Å²) in [7, 11) is 0. The third-order valence-electron chi connectivity index (χ3n) is 3.60. The molecule has 6 nitrogen and oxygen atoms in total. The van der Waals surface area contributed by atoms with Gasteiger partial charge in [0.1, 0.15) is 5.69 Å². The Morgan fingerprint density at radius 3 is 2.33 bits per heavy atom. The van der Waals surface area contributed by atoms with Crippen molar-refractivity contribution in [2.45, 2.75) is 47.1 Å². The number of nitro groups is 1. The van der Waals surface area contributed by atoms with Crippen LogP contribution in [-0.4, -0.2) is 16.9 Å². The van der Waals surface area contributed by atoms with Crippen molar-refractivity contribution in [3.63, 3.8) is 0 Å². The molecule has 1 rings (SSSR count). The van der Waals surface area contributed by atoms with Crippen LogP contribution in [0.5, 0.6) is 0 Å². The molecule has 1 aromatic carbocycles. The Balaban J connectivity index is 2.95. The third kappa shape index (κ3) is 4.53. The molecule has 0 aliphatic heterocycles. The number of nitro benzene ring substituents is 1. The van der Waals surface area contributed by atoms with Crippen LogP contribution in [0.3, 0.4) is 0 Å². The Labute approximate surface area is 124 Å². The van der Waals surface area contributed by atoms with Gasteiger partial charge in [-0.1, -0.05) is 20.8 Å². The Bertz CT molecular complexity index is 562. The smallest absolute Gasteiger partial charge is 0.293 e. The third-order valence-corrected chi connectivity index (χ3v) is 3.60. The van der Waals surface area contributed by atoms with Crippen LogP contribution in [0.2, 0.25) is 0 Å². The lowest BCUT2D eigenvalue weighted by Gasteiger charge is -2.26. The molecule has 0 radical (unpaired) electrons. The predicted octanol–water partition coefficient (Wildman–Crippen LogP) is 2.91. The fourth-order valence-corrected chi connectivity index (χ4v) is 1.76. The van der Waals surface area contributed by atoms with Gasteiger partial charge >= 0.3 is 0 Å². The van der Waals surface area contributed by atoms with Crippen molar-refractivity contribution in [1.29, 1.82) is 0 Å². The van der Waals surface area contributed by atoms with E-state index < -0.39 is 4.92 Å². The van der Waals surface area contributed by atoms with Gasteiger partial charge in [0.05, 0.1) is 4.92 Å². The molecular formula is C15H23N3O3. The number of amides is 1. The molecule has 0 aromatic heterocycles. The Morgan fingerprint density at radius 2 is 1.86 bits per heavy atom. The van der Waals surface area contributed by atoms with Gasteiger partial charge in [-0.05, 0) is 36.5 Å². The van der Waals surface area contributed by atoms with Gasteiger partial charge in [-0.25, -0.2) is 0 Å². The minimum absolute atomic E-state index is 0.101. The summed E-state index contributed by atoms with van der Waals surface area (Å²) in [6.45, 7) is 9.48. The number of aryl methyl sites for hydroxylation is 2. The van der Waals surface area contributed by atoms with E-state index in [9.17, 15) is 14.9 Å². The second-order valence-corrected chi connectivity index (χ2v) is 6.44. The Morgan fingerprint density at radius 1 is 1.33 bits per heavy atom. The molecule has 0 saturated carbocycles. The number of nitrogens with one attached hydrogen (secondary N) is 1. The lowest BCUT2D eigenvalue weighted by atomic mass is 9.85. The molecule has 0 saturated heterocycles. The highest BCUT2D eigenvalue weighted by molar-refractivity contribution is 5.93. The Kier molecular flexibility index (Phi) is 5.06. The number of anilines is 1. The molecule has 116 valence electrons. The quantitative estimate of drug-likeness (QED) is 0.658. The van der Waals surface area contributed by atoms with E-state index in [0.717, 1.165) is 11.1 Å². The largest absolute Gasteiger partial charge is 0.327 e. The second-order valence-electron chi connectivity index (χ2n) is 6.44. The zero-order valence-corrected chi connectivity index (χ0v) is 13.2. The van der Waals surface area contributed by atoms with Crippen LogP contribution >= 0.6 is 0 Å². The Hall–Kier alpha value is -1.95. The molecule has 3 N–H and O–H groups in total. The molecule has 0 bridgehead atoms. The van der Waals surface area contributed by atoms with Crippen LogP contribution in [0, 0.1) is 29.4 Å². The van der Waals surface area contributed by atoms with Crippen LogP contribution in [-0.2, 0) is 4.79 Å². The van der Waals surface area contributed by atoms with Crippen molar-refractivity contribution in [1.82, 2.24) is 0 Å². The molecular weight excluding hydrogens is 270 g/mol. The first-order valence-electron chi connectivity index (χ1n) is 6.83. The minimum Gasteiger partial charge on any atom is -0.327 e. The first-order valence-corrected chi connectivity index (χ1v) is 6.83. The number of nitrogens with zero attached hydrogens (tertiary/aromatic N) is 1. The maximum atomic E-state index is 12.0. The lowest BCUT2D eigenvalue weighted by molar-refractivity contribution is -0.384. The van der Waals surface area contributed by atoms with Crippen LogP contribution in [0.15, 0.2) is 12.1 Å². The van der Waals surface area contributed by atoms with E-state index in [1.54, 1.807) is 13.0 Å². The number of benzene rings is 1. The van der Waals surface area contributed by atoms with Crippen LogP contribution < -0.4 is 11.1 Å². The standard InChI is InChI=1S/C15H23N3O3/c1-9-6-11(12(18(20)21)7-10(9)2)17-14(19)8-13(16)15(3,4)5/h6-7,13H,8,16H2,1-5H3,(H,17,19). The summed E-state index contributed by atoms with van der Waals surface area (Å²) < 4.78 is 0. The maximum absolute atomic E-state index is 12.0. The summed E-state index contributed by atoms with van der Waals surface area (Å²) in [4.78, 5) is 22.6.